The van der Waals surface area contributed by atoms with E-state index in [-0.39, 0.29) is 36.9 Å². The molecule has 192 valence electrons. The summed E-state index contributed by atoms with van der Waals surface area (Å²) in [5.74, 6) is -0.635. The van der Waals surface area contributed by atoms with Crippen LogP contribution in [-0.4, -0.2) is 60.7 Å². The first-order valence-electron chi connectivity index (χ1n) is 12.9. The summed E-state index contributed by atoms with van der Waals surface area (Å²) in [6.45, 7) is 1.51. The third-order valence-electron chi connectivity index (χ3n) is 7.74. The second kappa shape index (κ2) is 10.3. The highest BCUT2D eigenvalue weighted by Gasteiger charge is 2.37. The zero-order chi connectivity index (χ0) is 25.2. The van der Waals surface area contributed by atoms with E-state index in [2.05, 4.69) is 22.8 Å². The van der Waals surface area contributed by atoms with Crippen LogP contribution in [0.1, 0.15) is 56.6 Å². The molecule has 4 aliphatic rings. The highest BCUT2D eigenvalue weighted by Crippen LogP contribution is 2.38. The van der Waals surface area contributed by atoms with Gasteiger partial charge < -0.3 is 25.0 Å². The van der Waals surface area contributed by atoms with Crippen molar-refractivity contribution >= 4 is 23.5 Å². The molecule has 3 N–H and O–H groups in total. The molecule has 0 aliphatic carbocycles. The van der Waals surface area contributed by atoms with Gasteiger partial charge in [-0.25, -0.2) is 0 Å². The molecule has 0 spiro atoms. The number of benzene rings is 1. The van der Waals surface area contributed by atoms with Crippen molar-refractivity contribution in [2.24, 2.45) is 5.92 Å². The molecule has 3 atom stereocenters. The number of carboxylic acids is 1. The zero-order valence-electron chi connectivity index (χ0n) is 20.7. The van der Waals surface area contributed by atoms with Gasteiger partial charge in [0.25, 0.3) is 5.91 Å². The van der Waals surface area contributed by atoms with Crippen molar-refractivity contribution in [3.05, 3.63) is 47.2 Å². The largest absolute Gasteiger partial charge is 0.482 e. The van der Waals surface area contributed by atoms with Crippen LogP contribution >= 0.6 is 0 Å². The van der Waals surface area contributed by atoms with Gasteiger partial charge in [-0.2, -0.15) is 0 Å². The van der Waals surface area contributed by atoms with Crippen LogP contribution in [0.15, 0.2) is 41.6 Å². The van der Waals surface area contributed by atoms with Crippen LogP contribution in [0.25, 0.3) is 0 Å². The first-order chi connectivity index (χ1) is 17.4. The number of amides is 2. The normalized spacial score (nSPS) is 24.2. The van der Waals surface area contributed by atoms with Crippen LogP contribution in [0.4, 0.5) is 5.69 Å². The first kappa shape index (κ1) is 24.4. The van der Waals surface area contributed by atoms with E-state index in [1.54, 1.807) is 30.1 Å². The van der Waals surface area contributed by atoms with Gasteiger partial charge in [0.05, 0.1) is 24.3 Å². The van der Waals surface area contributed by atoms with Crippen molar-refractivity contribution in [1.82, 2.24) is 15.5 Å². The standard InChI is InChI=1S/C27H34N4O5/c1-30-21-10-8-19(14-23(21)36-16-24(30)32)22(15-25(33)34)31-13-11-18(27(31)35)4-2-6-20-9-7-17-5-3-12-28-26(17)29-20/h7-10,14,18,22,26,28-29H,2-6,11-13,15-16H2,1H3,(H,33,34)/t18?,22-,26?/m0/s1. The molecule has 2 amide bonds. The van der Waals surface area contributed by atoms with E-state index >= 15 is 0 Å². The summed E-state index contributed by atoms with van der Waals surface area (Å²) in [4.78, 5) is 40.2. The van der Waals surface area contributed by atoms with Crippen molar-refractivity contribution in [2.75, 3.05) is 31.6 Å². The van der Waals surface area contributed by atoms with E-state index in [4.69, 9.17) is 4.74 Å². The molecule has 2 unspecified atom stereocenters. The Hall–Kier alpha value is -3.33. The SMILES string of the molecule is CN1C(=O)COc2cc([C@H](CC(=O)O)N3CCC(CCCC4=CC=C5CCCNC5N4)C3=O)ccc21. The van der Waals surface area contributed by atoms with Crippen LogP contribution in [0.5, 0.6) is 5.75 Å². The number of likely N-dealkylation sites (tertiary alicyclic amines) is 1. The predicted molar refractivity (Wildman–Crippen MR) is 134 cm³/mol. The van der Waals surface area contributed by atoms with Gasteiger partial charge in [-0.1, -0.05) is 12.1 Å². The maximum atomic E-state index is 13.4. The lowest BCUT2D eigenvalue weighted by Gasteiger charge is -2.32. The number of anilines is 1. The van der Waals surface area contributed by atoms with Gasteiger partial charge in [-0.05, 0) is 74.4 Å². The number of rotatable bonds is 8. The van der Waals surface area contributed by atoms with Crippen LogP contribution in [-0.2, 0) is 14.4 Å². The summed E-state index contributed by atoms with van der Waals surface area (Å²) in [5, 5.41) is 16.7. The Morgan fingerprint density at radius 1 is 1.28 bits per heavy atom. The number of likely N-dealkylation sites (N-methyl/N-ethyl adjacent to an activating group) is 1. The number of carbonyl (C=O) groups excluding carboxylic acids is 2. The van der Waals surface area contributed by atoms with E-state index in [0.29, 0.717) is 23.5 Å². The Bertz CT molecular complexity index is 1110. The monoisotopic (exact) mass is 494 g/mol. The fraction of sp³-hybridized carbons (Fsp3) is 0.519. The van der Waals surface area contributed by atoms with Crippen LogP contribution in [0, 0.1) is 5.92 Å². The number of dihydropyridines is 1. The maximum absolute atomic E-state index is 13.4. The molecule has 9 nitrogen and oxygen atoms in total. The third-order valence-corrected chi connectivity index (χ3v) is 7.74. The molecule has 2 saturated heterocycles. The van der Waals surface area contributed by atoms with Gasteiger partial charge in [0.2, 0.25) is 5.91 Å². The molecule has 36 heavy (non-hydrogen) atoms. The second-order valence-corrected chi connectivity index (χ2v) is 10.1. The van der Waals surface area contributed by atoms with Crippen molar-refractivity contribution in [2.45, 2.75) is 57.2 Å². The molecular formula is C27H34N4O5. The van der Waals surface area contributed by atoms with E-state index in [9.17, 15) is 19.5 Å². The minimum absolute atomic E-state index is 0.0221. The van der Waals surface area contributed by atoms with Crippen molar-refractivity contribution in [3.63, 3.8) is 0 Å². The number of allylic oxidation sites excluding steroid dienone is 3. The Balaban J connectivity index is 1.23. The van der Waals surface area contributed by atoms with Crippen molar-refractivity contribution in [1.29, 1.82) is 0 Å². The lowest BCUT2D eigenvalue weighted by molar-refractivity contribution is -0.140. The third kappa shape index (κ3) is 4.97. The minimum Gasteiger partial charge on any atom is -0.482 e. The number of aliphatic carboxylic acids is 1. The number of piperidine rings is 1. The molecule has 1 aromatic rings. The average Bonchev–Trinajstić information content (AvgIpc) is 3.24. The van der Waals surface area contributed by atoms with Gasteiger partial charge in [0.15, 0.2) is 6.61 Å². The number of carbonyl (C=O) groups is 3. The zero-order valence-corrected chi connectivity index (χ0v) is 20.7. The molecular weight excluding hydrogens is 460 g/mol. The number of fused-ring (bicyclic) bond motifs is 2. The Labute approximate surface area is 211 Å². The Morgan fingerprint density at radius 3 is 2.97 bits per heavy atom. The number of carboxylic acid groups (broad SMARTS) is 1. The summed E-state index contributed by atoms with van der Waals surface area (Å²) < 4.78 is 5.59. The molecule has 0 radical (unpaired) electrons. The smallest absolute Gasteiger partial charge is 0.305 e. The number of hydrogen-bond acceptors (Lipinski definition) is 6. The molecule has 2 fully saturated rings. The quantitative estimate of drug-likeness (QED) is 0.510. The average molecular weight is 495 g/mol. The molecule has 4 aliphatic heterocycles. The summed E-state index contributed by atoms with van der Waals surface area (Å²) in [6, 6.07) is 4.77. The molecule has 5 rings (SSSR count). The van der Waals surface area contributed by atoms with Gasteiger partial charge in [-0.3, -0.25) is 19.7 Å². The van der Waals surface area contributed by atoms with Crippen LogP contribution < -0.4 is 20.3 Å². The molecule has 0 saturated carbocycles. The molecule has 9 heteroatoms. The highest BCUT2D eigenvalue weighted by molar-refractivity contribution is 5.97. The molecule has 4 heterocycles. The maximum Gasteiger partial charge on any atom is 0.305 e. The lowest BCUT2D eigenvalue weighted by atomic mass is 9.96. The molecule has 1 aromatic carbocycles. The van der Waals surface area contributed by atoms with E-state index in [1.165, 1.54) is 22.6 Å². The van der Waals surface area contributed by atoms with Gasteiger partial charge in [0.1, 0.15) is 5.75 Å². The number of nitrogens with zero attached hydrogens (tertiary/aromatic N) is 2. The fourth-order valence-corrected chi connectivity index (χ4v) is 5.69. The summed E-state index contributed by atoms with van der Waals surface area (Å²) in [5.41, 5.74) is 3.96. The van der Waals surface area contributed by atoms with Crippen molar-refractivity contribution < 1.29 is 24.2 Å². The van der Waals surface area contributed by atoms with Crippen molar-refractivity contribution in [3.8, 4) is 5.75 Å². The minimum atomic E-state index is -0.957. The molecule has 0 bridgehead atoms. The number of ether oxygens (including phenoxy) is 1. The van der Waals surface area contributed by atoms with Gasteiger partial charge in [-0.15, -0.1) is 0 Å². The van der Waals surface area contributed by atoms with E-state index in [1.807, 2.05) is 0 Å². The topological polar surface area (TPSA) is 111 Å². The summed E-state index contributed by atoms with van der Waals surface area (Å²) in [7, 11) is 1.69. The first-order valence-corrected chi connectivity index (χ1v) is 12.9. The van der Waals surface area contributed by atoms with Gasteiger partial charge >= 0.3 is 5.97 Å². The van der Waals surface area contributed by atoms with Crippen LogP contribution in [0.3, 0.4) is 0 Å². The van der Waals surface area contributed by atoms with E-state index in [0.717, 1.165) is 38.6 Å². The lowest BCUT2D eigenvalue weighted by Crippen LogP contribution is -2.47. The summed E-state index contributed by atoms with van der Waals surface area (Å²) >= 11 is 0. The molecule has 0 aromatic heterocycles. The fourth-order valence-electron chi connectivity index (χ4n) is 5.69. The van der Waals surface area contributed by atoms with Gasteiger partial charge in [0, 0.05) is 25.2 Å². The summed E-state index contributed by atoms with van der Waals surface area (Å²) in [6.07, 6.45) is 10.0. The second-order valence-electron chi connectivity index (χ2n) is 10.1. The Kier molecular flexibility index (Phi) is 7.00. The predicted octanol–water partition coefficient (Wildman–Crippen LogP) is 2.70. The van der Waals surface area contributed by atoms with Crippen LogP contribution in [0.2, 0.25) is 0 Å². The highest BCUT2D eigenvalue weighted by atomic mass is 16.5. The Morgan fingerprint density at radius 2 is 2.14 bits per heavy atom. The van der Waals surface area contributed by atoms with E-state index < -0.39 is 12.0 Å². The number of hydrogen-bond donors (Lipinski definition) is 3. The number of nitrogens with one attached hydrogen (secondary N) is 2.